The highest BCUT2D eigenvalue weighted by Gasteiger charge is 2.20. The number of fused-ring (bicyclic) bond motifs is 1. The van der Waals surface area contributed by atoms with Gasteiger partial charge < -0.3 is 14.5 Å². The lowest BCUT2D eigenvalue weighted by Gasteiger charge is -2.23. The number of aromatic nitrogens is 1. The molecule has 1 saturated heterocycles. The van der Waals surface area contributed by atoms with Crippen molar-refractivity contribution < 1.29 is 23.1 Å². The zero-order chi connectivity index (χ0) is 19.5. The number of furan rings is 1. The molecule has 1 aliphatic heterocycles. The first-order valence-electron chi connectivity index (χ1n) is 9.13. The topological polar surface area (TPSA) is 81.4 Å². The van der Waals surface area contributed by atoms with Crippen LogP contribution in [0.5, 0.6) is 0 Å². The van der Waals surface area contributed by atoms with Gasteiger partial charge >= 0.3 is 0 Å². The van der Waals surface area contributed by atoms with E-state index in [2.05, 4.69) is 10.3 Å². The van der Waals surface area contributed by atoms with Crippen molar-refractivity contribution in [3.8, 4) is 0 Å². The van der Waals surface area contributed by atoms with E-state index in [1.807, 2.05) is 0 Å². The number of hydrogen-bond donors (Lipinski definition) is 1. The van der Waals surface area contributed by atoms with Gasteiger partial charge in [0.1, 0.15) is 17.0 Å². The average Bonchev–Trinajstić information content (AvgIpc) is 3.18. The zero-order valence-electron chi connectivity index (χ0n) is 15.1. The van der Waals surface area contributed by atoms with Crippen LogP contribution in [0, 0.1) is 5.82 Å². The van der Waals surface area contributed by atoms with Gasteiger partial charge in [0.25, 0.3) is 5.91 Å². The second-order valence-corrected chi connectivity index (χ2v) is 6.81. The number of rotatable bonds is 5. The van der Waals surface area contributed by atoms with Crippen LogP contribution in [-0.2, 0) is 11.2 Å². The zero-order valence-corrected chi connectivity index (χ0v) is 15.1. The Morgan fingerprint density at radius 1 is 1.25 bits per heavy atom. The fourth-order valence-electron chi connectivity index (χ4n) is 3.37. The lowest BCUT2D eigenvalue weighted by molar-refractivity contribution is 0.0694. The van der Waals surface area contributed by atoms with Gasteiger partial charge in [-0.05, 0) is 36.6 Å². The second-order valence-electron chi connectivity index (χ2n) is 6.81. The first-order chi connectivity index (χ1) is 13.6. The van der Waals surface area contributed by atoms with Crippen LogP contribution in [-0.4, -0.2) is 36.4 Å². The number of nitrogens with one attached hydrogen (secondary N) is 1. The SMILES string of the molecule is O=Cc1ccc(Cc2cc(C(=O)NC3CCOCC3)nc3ccoc23)cc1F. The van der Waals surface area contributed by atoms with Gasteiger partial charge in [-0.2, -0.15) is 0 Å². The standard InChI is InChI=1S/C21H19FN2O4/c22-17-10-13(1-2-14(17)12-25)9-15-11-19(24-18-5-8-28-20(15)18)21(26)23-16-3-6-27-7-4-16/h1-2,5,8,10-12,16H,3-4,6-7,9H2,(H,23,26). The average molecular weight is 382 g/mol. The molecule has 6 nitrogen and oxygen atoms in total. The smallest absolute Gasteiger partial charge is 0.270 e. The molecule has 0 aliphatic carbocycles. The molecule has 28 heavy (non-hydrogen) atoms. The van der Waals surface area contributed by atoms with Gasteiger partial charge in [-0.25, -0.2) is 9.37 Å². The highest BCUT2D eigenvalue weighted by molar-refractivity contribution is 5.95. The maximum atomic E-state index is 13.9. The van der Waals surface area contributed by atoms with Crippen molar-refractivity contribution >= 4 is 23.3 Å². The maximum absolute atomic E-state index is 13.9. The number of carbonyl (C=O) groups excluding carboxylic acids is 2. The Kier molecular flexibility index (Phi) is 5.16. The van der Waals surface area contributed by atoms with E-state index in [1.165, 1.54) is 18.4 Å². The van der Waals surface area contributed by atoms with Crippen molar-refractivity contribution in [2.24, 2.45) is 0 Å². The molecule has 1 N–H and O–H groups in total. The predicted molar refractivity (Wildman–Crippen MR) is 99.9 cm³/mol. The minimum atomic E-state index is -0.574. The minimum absolute atomic E-state index is 0.0122. The first kappa shape index (κ1) is 18.3. The predicted octanol–water partition coefficient (Wildman–Crippen LogP) is 3.28. The van der Waals surface area contributed by atoms with Crippen LogP contribution in [0.15, 0.2) is 41.0 Å². The monoisotopic (exact) mass is 382 g/mol. The van der Waals surface area contributed by atoms with Crippen molar-refractivity contribution in [3.63, 3.8) is 0 Å². The fraction of sp³-hybridized carbons (Fsp3) is 0.286. The van der Waals surface area contributed by atoms with E-state index in [0.29, 0.717) is 48.3 Å². The molecule has 3 heterocycles. The summed E-state index contributed by atoms with van der Waals surface area (Å²) in [7, 11) is 0. The summed E-state index contributed by atoms with van der Waals surface area (Å²) in [4.78, 5) is 27.9. The number of nitrogens with zero attached hydrogens (tertiary/aromatic N) is 1. The largest absolute Gasteiger partial charge is 0.462 e. The van der Waals surface area contributed by atoms with Crippen molar-refractivity contribution in [1.82, 2.24) is 10.3 Å². The Bertz CT molecular complexity index is 1020. The number of pyridine rings is 1. The molecule has 7 heteroatoms. The van der Waals surface area contributed by atoms with Gasteiger partial charge in [-0.1, -0.05) is 6.07 Å². The Balaban J connectivity index is 1.62. The van der Waals surface area contributed by atoms with E-state index in [9.17, 15) is 14.0 Å². The Morgan fingerprint density at radius 3 is 2.82 bits per heavy atom. The number of carbonyl (C=O) groups is 2. The molecular weight excluding hydrogens is 363 g/mol. The number of aldehydes is 1. The minimum Gasteiger partial charge on any atom is -0.462 e. The molecule has 2 aromatic heterocycles. The molecule has 0 spiro atoms. The van der Waals surface area contributed by atoms with E-state index in [1.54, 1.807) is 18.2 Å². The van der Waals surface area contributed by atoms with Crippen LogP contribution < -0.4 is 5.32 Å². The van der Waals surface area contributed by atoms with E-state index < -0.39 is 5.82 Å². The number of benzene rings is 1. The number of halogens is 1. The molecule has 144 valence electrons. The highest BCUT2D eigenvalue weighted by atomic mass is 19.1. The van der Waals surface area contributed by atoms with Crippen molar-refractivity contribution in [3.05, 3.63) is 64.8 Å². The summed E-state index contributed by atoms with van der Waals surface area (Å²) >= 11 is 0. The third-order valence-corrected chi connectivity index (χ3v) is 4.86. The van der Waals surface area contributed by atoms with Gasteiger partial charge in [0.05, 0.1) is 11.8 Å². The second kappa shape index (κ2) is 7.90. The summed E-state index contributed by atoms with van der Waals surface area (Å²) in [5.74, 6) is -0.825. The summed E-state index contributed by atoms with van der Waals surface area (Å²) in [5, 5.41) is 3.00. The van der Waals surface area contributed by atoms with Gasteiger partial charge in [-0.15, -0.1) is 0 Å². The molecule has 1 aliphatic rings. The Hall–Kier alpha value is -3.06. The summed E-state index contributed by atoms with van der Waals surface area (Å²) in [5.41, 5.74) is 2.83. The molecule has 1 amide bonds. The molecule has 0 atom stereocenters. The Labute approximate surface area is 160 Å². The third-order valence-electron chi connectivity index (χ3n) is 4.86. The van der Waals surface area contributed by atoms with Crippen LogP contribution in [0.25, 0.3) is 11.1 Å². The van der Waals surface area contributed by atoms with Crippen LogP contribution in [0.2, 0.25) is 0 Å². The Morgan fingerprint density at radius 2 is 2.07 bits per heavy atom. The van der Waals surface area contributed by atoms with Crippen LogP contribution in [0.1, 0.15) is 44.8 Å². The van der Waals surface area contributed by atoms with Crippen molar-refractivity contribution in [2.75, 3.05) is 13.2 Å². The summed E-state index contributed by atoms with van der Waals surface area (Å²) in [6.45, 7) is 1.26. The molecule has 4 rings (SSSR count). The summed E-state index contributed by atoms with van der Waals surface area (Å²) in [6, 6.07) is 7.88. The van der Waals surface area contributed by atoms with Gasteiger partial charge in [0, 0.05) is 37.3 Å². The van der Waals surface area contributed by atoms with Crippen LogP contribution in [0.3, 0.4) is 0 Å². The molecule has 0 unspecified atom stereocenters. The molecule has 0 bridgehead atoms. The molecular formula is C21H19FN2O4. The van der Waals surface area contributed by atoms with E-state index in [4.69, 9.17) is 9.15 Å². The van der Waals surface area contributed by atoms with Gasteiger partial charge in [0.2, 0.25) is 0 Å². The first-order valence-corrected chi connectivity index (χ1v) is 9.13. The van der Waals surface area contributed by atoms with Gasteiger partial charge in [0.15, 0.2) is 11.9 Å². The van der Waals surface area contributed by atoms with Crippen molar-refractivity contribution in [2.45, 2.75) is 25.3 Å². The normalized spacial score (nSPS) is 14.9. The fourth-order valence-corrected chi connectivity index (χ4v) is 3.37. The molecule has 0 saturated carbocycles. The molecule has 0 radical (unpaired) electrons. The summed E-state index contributed by atoms with van der Waals surface area (Å²) < 4.78 is 24.8. The van der Waals surface area contributed by atoms with E-state index in [0.717, 1.165) is 18.4 Å². The van der Waals surface area contributed by atoms with Crippen LogP contribution >= 0.6 is 0 Å². The number of hydrogen-bond acceptors (Lipinski definition) is 5. The molecule has 1 aromatic carbocycles. The van der Waals surface area contributed by atoms with Gasteiger partial charge in [-0.3, -0.25) is 9.59 Å². The third kappa shape index (κ3) is 3.80. The van der Waals surface area contributed by atoms with Crippen LogP contribution in [0.4, 0.5) is 4.39 Å². The molecule has 3 aromatic rings. The van der Waals surface area contributed by atoms with Crippen molar-refractivity contribution in [1.29, 1.82) is 0 Å². The maximum Gasteiger partial charge on any atom is 0.270 e. The quantitative estimate of drug-likeness (QED) is 0.685. The van der Waals surface area contributed by atoms with E-state index in [-0.39, 0.29) is 17.5 Å². The number of amides is 1. The van der Waals surface area contributed by atoms with E-state index >= 15 is 0 Å². The number of ether oxygens (including phenoxy) is 1. The highest BCUT2D eigenvalue weighted by Crippen LogP contribution is 2.23. The lowest BCUT2D eigenvalue weighted by Crippen LogP contribution is -2.39. The lowest BCUT2D eigenvalue weighted by atomic mass is 10.0. The molecule has 1 fully saturated rings. The summed E-state index contributed by atoms with van der Waals surface area (Å²) in [6.07, 6.45) is 3.89.